The van der Waals surface area contributed by atoms with E-state index in [4.69, 9.17) is 4.74 Å². The Morgan fingerprint density at radius 2 is 2.36 bits per heavy atom. The van der Waals surface area contributed by atoms with Crippen molar-refractivity contribution in [2.45, 2.75) is 39.2 Å². The van der Waals surface area contributed by atoms with Crippen LogP contribution in [-0.2, 0) is 14.3 Å². The monoisotopic (exact) mass is 196 g/mol. The van der Waals surface area contributed by atoms with E-state index in [0.717, 1.165) is 12.8 Å². The van der Waals surface area contributed by atoms with Crippen LogP contribution in [0.2, 0.25) is 0 Å². The van der Waals surface area contributed by atoms with Crippen LogP contribution in [0.15, 0.2) is 0 Å². The molecule has 0 aromatic carbocycles. The summed E-state index contributed by atoms with van der Waals surface area (Å²) in [5, 5.41) is 0. The first-order valence-electron chi connectivity index (χ1n) is 5.38. The molecule has 0 N–H and O–H groups in total. The zero-order chi connectivity index (χ0) is 10.3. The van der Waals surface area contributed by atoms with Crippen LogP contribution >= 0.6 is 0 Å². The van der Waals surface area contributed by atoms with E-state index in [1.165, 1.54) is 0 Å². The second-order valence-corrected chi connectivity index (χ2v) is 4.38. The van der Waals surface area contributed by atoms with Gasteiger partial charge in [0, 0.05) is 12.3 Å². The molecule has 2 aliphatic carbocycles. The smallest absolute Gasteiger partial charge is 0.310 e. The van der Waals surface area contributed by atoms with Crippen molar-refractivity contribution in [3.63, 3.8) is 0 Å². The molecule has 1 unspecified atom stereocenters. The molecular weight excluding hydrogens is 180 g/mol. The highest BCUT2D eigenvalue weighted by Gasteiger charge is 2.62. The van der Waals surface area contributed by atoms with Crippen molar-refractivity contribution in [2.24, 2.45) is 17.8 Å². The van der Waals surface area contributed by atoms with Gasteiger partial charge in [-0.3, -0.25) is 9.59 Å². The van der Waals surface area contributed by atoms with Crippen LogP contribution in [-0.4, -0.2) is 17.9 Å². The van der Waals surface area contributed by atoms with E-state index < -0.39 is 0 Å². The summed E-state index contributed by atoms with van der Waals surface area (Å²) in [7, 11) is 0. The van der Waals surface area contributed by atoms with Gasteiger partial charge >= 0.3 is 5.97 Å². The molecule has 78 valence electrons. The van der Waals surface area contributed by atoms with Gasteiger partial charge in [-0.2, -0.15) is 0 Å². The van der Waals surface area contributed by atoms with Crippen molar-refractivity contribution in [3.05, 3.63) is 0 Å². The van der Waals surface area contributed by atoms with Gasteiger partial charge in [-0.1, -0.05) is 6.92 Å². The number of carbonyl (C=O) groups excluding carboxylic acids is 2. The molecular formula is C11H16O3. The van der Waals surface area contributed by atoms with E-state index in [1.807, 2.05) is 13.8 Å². The molecule has 0 aromatic heterocycles. The SMILES string of the molecule is CCC(C)OC(=O)[C@@H]1[C@H]2CCC(=O)[C@H]21. The molecule has 0 heterocycles. The van der Waals surface area contributed by atoms with Gasteiger partial charge in [0.25, 0.3) is 0 Å². The highest BCUT2D eigenvalue weighted by molar-refractivity contribution is 5.94. The van der Waals surface area contributed by atoms with E-state index in [-0.39, 0.29) is 29.7 Å². The van der Waals surface area contributed by atoms with Crippen LogP contribution in [0.25, 0.3) is 0 Å². The number of fused-ring (bicyclic) bond motifs is 1. The third-order valence-electron chi connectivity index (χ3n) is 3.43. The molecule has 3 nitrogen and oxygen atoms in total. The van der Waals surface area contributed by atoms with E-state index in [1.54, 1.807) is 0 Å². The zero-order valence-corrected chi connectivity index (χ0v) is 8.66. The highest BCUT2D eigenvalue weighted by Crippen LogP contribution is 2.56. The molecule has 0 amide bonds. The summed E-state index contributed by atoms with van der Waals surface area (Å²) in [5.41, 5.74) is 0. The number of Topliss-reactive ketones (excluding diaryl/α,β-unsaturated/α-hetero) is 1. The van der Waals surface area contributed by atoms with Gasteiger partial charge < -0.3 is 4.74 Å². The number of carbonyl (C=O) groups is 2. The minimum absolute atomic E-state index is 0.0149. The molecule has 0 saturated heterocycles. The van der Waals surface area contributed by atoms with E-state index >= 15 is 0 Å². The average Bonchev–Trinajstić information content (AvgIpc) is 2.78. The predicted molar refractivity (Wildman–Crippen MR) is 50.6 cm³/mol. The maximum absolute atomic E-state index is 11.6. The molecule has 2 rings (SSSR count). The third kappa shape index (κ3) is 1.45. The number of hydrogen-bond donors (Lipinski definition) is 0. The lowest BCUT2D eigenvalue weighted by molar-refractivity contribution is -0.151. The van der Waals surface area contributed by atoms with Crippen LogP contribution in [0.1, 0.15) is 33.1 Å². The maximum atomic E-state index is 11.6. The fourth-order valence-electron chi connectivity index (χ4n) is 2.33. The molecule has 0 spiro atoms. The average molecular weight is 196 g/mol. The number of ketones is 1. The highest BCUT2D eigenvalue weighted by atomic mass is 16.5. The molecule has 0 radical (unpaired) electrons. The second-order valence-electron chi connectivity index (χ2n) is 4.38. The fraction of sp³-hybridized carbons (Fsp3) is 0.818. The van der Waals surface area contributed by atoms with Gasteiger partial charge in [-0.15, -0.1) is 0 Å². The maximum Gasteiger partial charge on any atom is 0.310 e. The Hall–Kier alpha value is -0.860. The Morgan fingerprint density at radius 3 is 2.86 bits per heavy atom. The van der Waals surface area contributed by atoms with Crippen molar-refractivity contribution in [2.75, 3.05) is 0 Å². The van der Waals surface area contributed by atoms with Gasteiger partial charge in [0.05, 0.1) is 12.0 Å². The summed E-state index contributed by atoms with van der Waals surface area (Å²) in [6, 6.07) is 0. The standard InChI is InChI=1S/C11H16O3/c1-3-6(2)14-11(13)10-7-4-5-8(12)9(7)10/h6-7,9-10H,3-5H2,1-2H3/t6?,7-,9-,10+/m0/s1. The van der Waals surface area contributed by atoms with Crippen molar-refractivity contribution >= 4 is 11.8 Å². The molecule has 14 heavy (non-hydrogen) atoms. The van der Waals surface area contributed by atoms with E-state index in [9.17, 15) is 9.59 Å². The van der Waals surface area contributed by atoms with Crippen molar-refractivity contribution in [3.8, 4) is 0 Å². The molecule has 2 aliphatic rings. The first-order valence-corrected chi connectivity index (χ1v) is 5.38. The fourth-order valence-corrected chi connectivity index (χ4v) is 2.33. The number of esters is 1. The minimum Gasteiger partial charge on any atom is -0.462 e. The number of hydrogen-bond acceptors (Lipinski definition) is 3. The van der Waals surface area contributed by atoms with Gasteiger partial charge in [0.2, 0.25) is 0 Å². The van der Waals surface area contributed by atoms with E-state index in [0.29, 0.717) is 12.3 Å². The molecule has 0 bridgehead atoms. The first-order chi connectivity index (χ1) is 6.65. The minimum atomic E-state index is -0.151. The summed E-state index contributed by atoms with van der Waals surface area (Å²) in [6.45, 7) is 3.87. The van der Waals surface area contributed by atoms with Crippen LogP contribution in [0, 0.1) is 17.8 Å². The van der Waals surface area contributed by atoms with Crippen LogP contribution in [0.3, 0.4) is 0 Å². The Kier molecular flexibility index (Phi) is 2.33. The number of rotatable bonds is 3. The normalized spacial score (nSPS) is 36.4. The molecule has 0 aliphatic heterocycles. The lowest BCUT2D eigenvalue weighted by Gasteiger charge is -2.11. The number of ether oxygens (including phenoxy) is 1. The summed E-state index contributed by atoms with van der Waals surface area (Å²) in [4.78, 5) is 22.8. The molecule has 4 atom stereocenters. The Morgan fingerprint density at radius 1 is 1.64 bits per heavy atom. The van der Waals surface area contributed by atoms with Crippen LogP contribution < -0.4 is 0 Å². The predicted octanol–water partition coefficient (Wildman–Crippen LogP) is 1.55. The van der Waals surface area contributed by atoms with Gasteiger partial charge in [-0.05, 0) is 25.7 Å². The summed E-state index contributed by atoms with van der Waals surface area (Å²) >= 11 is 0. The van der Waals surface area contributed by atoms with Gasteiger partial charge in [0.1, 0.15) is 5.78 Å². The lowest BCUT2D eigenvalue weighted by Crippen LogP contribution is -2.18. The largest absolute Gasteiger partial charge is 0.462 e. The lowest BCUT2D eigenvalue weighted by atomic mass is 10.1. The quantitative estimate of drug-likeness (QED) is 0.643. The van der Waals surface area contributed by atoms with Crippen LogP contribution in [0.5, 0.6) is 0 Å². The van der Waals surface area contributed by atoms with Crippen molar-refractivity contribution < 1.29 is 14.3 Å². The Bertz CT molecular complexity index is 272. The van der Waals surface area contributed by atoms with Crippen LogP contribution in [0.4, 0.5) is 0 Å². The van der Waals surface area contributed by atoms with Crippen molar-refractivity contribution in [1.82, 2.24) is 0 Å². The second kappa shape index (κ2) is 3.37. The topological polar surface area (TPSA) is 43.4 Å². The molecule has 3 heteroatoms. The van der Waals surface area contributed by atoms with Gasteiger partial charge in [-0.25, -0.2) is 0 Å². The summed E-state index contributed by atoms with van der Waals surface area (Å²) in [5.74, 6) is 0.361. The molecule has 0 aromatic rings. The summed E-state index contributed by atoms with van der Waals surface area (Å²) < 4.78 is 5.22. The molecule has 2 saturated carbocycles. The van der Waals surface area contributed by atoms with Crippen molar-refractivity contribution in [1.29, 1.82) is 0 Å². The molecule has 2 fully saturated rings. The summed E-state index contributed by atoms with van der Waals surface area (Å²) in [6.07, 6.45) is 2.38. The Labute approximate surface area is 83.8 Å². The van der Waals surface area contributed by atoms with E-state index in [2.05, 4.69) is 0 Å². The van der Waals surface area contributed by atoms with Gasteiger partial charge in [0.15, 0.2) is 0 Å². The first kappa shape index (κ1) is 9.69. The third-order valence-corrected chi connectivity index (χ3v) is 3.43. The zero-order valence-electron chi connectivity index (χ0n) is 8.66. The Balaban J connectivity index is 1.87.